The second-order valence-electron chi connectivity index (χ2n) is 13.4. The summed E-state index contributed by atoms with van der Waals surface area (Å²) in [5.41, 5.74) is 0.146. The van der Waals surface area contributed by atoms with Crippen LogP contribution in [0.2, 0.25) is 0 Å². The van der Waals surface area contributed by atoms with E-state index in [4.69, 9.17) is 9.47 Å². The summed E-state index contributed by atoms with van der Waals surface area (Å²) in [6, 6.07) is 0. The number of aliphatic hydroxyl groups excluding tert-OH is 3. The lowest BCUT2D eigenvalue weighted by Crippen LogP contribution is -2.61. The lowest BCUT2D eigenvalue weighted by atomic mass is 9.43. The van der Waals surface area contributed by atoms with Crippen LogP contribution in [-0.2, 0) is 9.47 Å². The topological polar surface area (TPSA) is 79.2 Å². The van der Waals surface area contributed by atoms with Crippen molar-refractivity contribution in [3.05, 3.63) is 0 Å². The van der Waals surface area contributed by atoms with Gasteiger partial charge in [-0.05, 0) is 91.3 Å². The highest BCUT2D eigenvalue weighted by molar-refractivity contribution is 5.16. The second kappa shape index (κ2) is 7.16. The molecule has 0 aromatic rings. The molecule has 4 saturated carbocycles. The fourth-order valence-corrected chi connectivity index (χ4v) is 10.3. The van der Waals surface area contributed by atoms with E-state index in [2.05, 4.69) is 27.7 Å². The smallest absolute Gasteiger partial charge is 0.171 e. The molecule has 3 N–H and O–H groups in total. The van der Waals surface area contributed by atoms with Crippen molar-refractivity contribution in [3.63, 3.8) is 0 Å². The zero-order valence-electron chi connectivity index (χ0n) is 20.4. The molecule has 1 unspecified atom stereocenters. The van der Waals surface area contributed by atoms with Gasteiger partial charge in [0.1, 0.15) is 0 Å². The Kier molecular flexibility index (Phi) is 4.99. The zero-order chi connectivity index (χ0) is 22.6. The van der Waals surface area contributed by atoms with Gasteiger partial charge in [0.2, 0.25) is 0 Å². The summed E-state index contributed by atoms with van der Waals surface area (Å²) < 4.78 is 13.3. The first-order valence-electron chi connectivity index (χ1n) is 13.4. The number of fused-ring (bicyclic) bond motifs is 7. The Morgan fingerprint density at radius 1 is 0.781 bits per heavy atom. The number of hydrogen-bond donors (Lipinski definition) is 3. The number of hydrogen-bond acceptors (Lipinski definition) is 5. The van der Waals surface area contributed by atoms with Gasteiger partial charge < -0.3 is 24.8 Å². The first-order chi connectivity index (χ1) is 15.1. The van der Waals surface area contributed by atoms with Gasteiger partial charge in [-0.1, -0.05) is 27.7 Å². The van der Waals surface area contributed by atoms with Gasteiger partial charge in [0.05, 0.1) is 31.0 Å². The van der Waals surface area contributed by atoms with Gasteiger partial charge in [-0.25, -0.2) is 0 Å². The third kappa shape index (κ3) is 2.81. The monoisotopic (exact) mass is 448 g/mol. The molecular formula is C27H44O5. The van der Waals surface area contributed by atoms with Crippen LogP contribution in [0.3, 0.4) is 0 Å². The molecule has 32 heavy (non-hydrogen) atoms. The number of ether oxygens (including phenoxy) is 2. The standard InChI is InChI=1S/C27H44O5/c1-14-5-8-27(31-13-14)15(2)24-23(32-27)11-18-16-9-20(28)19-10-21(29)22(30)12-26(19,4)17(16)6-7-25(18,24)3/h14-24,28-30H,5-13H2,1-4H3/t14-,15+,16-,17+,18+,19-,20-,21-,22+,23+,24+,25+,26-,27?/m1/s1. The van der Waals surface area contributed by atoms with Gasteiger partial charge in [0.15, 0.2) is 5.79 Å². The Labute approximate surface area is 193 Å². The average Bonchev–Trinajstić information content (AvgIpc) is 3.18. The summed E-state index contributed by atoms with van der Waals surface area (Å²) in [4.78, 5) is 0. The SMILES string of the molecule is C[C@@H]1CCC2(OC1)O[C@H]1C[C@H]3[C@@H]4C[C@@H](O)[C@H]5C[C@@H](O)[C@@H](O)C[C@]5(C)[C@H]4CC[C@]3(C)[C@H]1[C@@H]2C. The maximum absolute atomic E-state index is 11.3. The van der Waals surface area contributed by atoms with Crippen LogP contribution in [0.25, 0.3) is 0 Å². The molecule has 5 nitrogen and oxygen atoms in total. The van der Waals surface area contributed by atoms with Gasteiger partial charge in [-0.3, -0.25) is 0 Å². The third-order valence-corrected chi connectivity index (χ3v) is 12.0. The predicted molar refractivity (Wildman–Crippen MR) is 121 cm³/mol. The van der Waals surface area contributed by atoms with Crippen LogP contribution in [0.4, 0.5) is 0 Å². The molecule has 2 saturated heterocycles. The van der Waals surface area contributed by atoms with E-state index in [-0.39, 0.29) is 34.7 Å². The Balaban J connectivity index is 1.28. The molecule has 0 aromatic carbocycles. The summed E-state index contributed by atoms with van der Waals surface area (Å²) in [5, 5.41) is 32.1. The molecule has 0 amide bonds. The molecular weight excluding hydrogens is 404 g/mol. The predicted octanol–water partition coefficient (Wildman–Crippen LogP) is 3.74. The summed E-state index contributed by atoms with van der Waals surface area (Å²) in [5.74, 6) is 2.86. The fraction of sp³-hybridized carbons (Fsp3) is 1.00. The van der Waals surface area contributed by atoms with Crippen LogP contribution in [-0.4, -0.2) is 52.1 Å². The van der Waals surface area contributed by atoms with E-state index in [0.29, 0.717) is 48.3 Å². The summed E-state index contributed by atoms with van der Waals surface area (Å²) >= 11 is 0. The van der Waals surface area contributed by atoms with Crippen LogP contribution in [0, 0.1) is 52.3 Å². The van der Waals surface area contributed by atoms with E-state index in [1.807, 2.05) is 0 Å². The van der Waals surface area contributed by atoms with E-state index in [1.165, 1.54) is 19.3 Å². The van der Waals surface area contributed by atoms with Crippen LogP contribution < -0.4 is 0 Å². The molecule has 4 aliphatic carbocycles. The fourth-order valence-electron chi connectivity index (χ4n) is 10.3. The van der Waals surface area contributed by atoms with Crippen LogP contribution >= 0.6 is 0 Å². The number of rotatable bonds is 0. The van der Waals surface area contributed by atoms with Gasteiger partial charge in [0, 0.05) is 12.3 Å². The zero-order valence-corrected chi connectivity index (χ0v) is 20.4. The molecule has 2 heterocycles. The quantitative estimate of drug-likeness (QED) is 0.526. The molecule has 6 aliphatic rings. The molecule has 0 bridgehead atoms. The Morgan fingerprint density at radius 3 is 2.28 bits per heavy atom. The van der Waals surface area contributed by atoms with E-state index in [9.17, 15) is 15.3 Å². The lowest BCUT2D eigenvalue weighted by molar-refractivity contribution is -0.273. The van der Waals surface area contributed by atoms with E-state index in [1.54, 1.807) is 0 Å². The van der Waals surface area contributed by atoms with Crippen molar-refractivity contribution in [2.24, 2.45) is 52.3 Å². The van der Waals surface area contributed by atoms with Crippen molar-refractivity contribution in [1.82, 2.24) is 0 Å². The minimum absolute atomic E-state index is 0.0870. The molecule has 0 aromatic heterocycles. The van der Waals surface area contributed by atoms with E-state index in [0.717, 1.165) is 25.9 Å². The summed E-state index contributed by atoms with van der Waals surface area (Å²) in [6.07, 6.45) is 6.22. The van der Waals surface area contributed by atoms with Gasteiger partial charge in [-0.15, -0.1) is 0 Å². The molecule has 5 heteroatoms. The van der Waals surface area contributed by atoms with E-state index >= 15 is 0 Å². The average molecular weight is 449 g/mol. The van der Waals surface area contributed by atoms with Crippen molar-refractivity contribution in [3.8, 4) is 0 Å². The largest absolute Gasteiger partial charge is 0.393 e. The highest BCUT2D eigenvalue weighted by Crippen LogP contribution is 2.71. The second-order valence-corrected chi connectivity index (χ2v) is 13.4. The Bertz CT molecular complexity index is 748. The Morgan fingerprint density at radius 2 is 1.56 bits per heavy atom. The maximum atomic E-state index is 11.3. The maximum Gasteiger partial charge on any atom is 0.171 e. The highest BCUT2D eigenvalue weighted by atomic mass is 16.7. The van der Waals surface area contributed by atoms with Gasteiger partial charge in [0.25, 0.3) is 0 Å². The molecule has 1 spiro atoms. The first-order valence-corrected chi connectivity index (χ1v) is 13.4. The van der Waals surface area contributed by atoms with Crippen LogP contribution in [0.5, 0.6) is 0 Å². The Hall–Kier alpha value is -0.200. The molecule has 0 radical (unpaired) electrons. The van der Waals surface area contributed by atoms with Crippen molar-refractivity contribution >= 4 is 0 Å². The molecule has 6 rings (SSSR count). The first kappa shape index (κ1) is 22.3. The molecule has 2 aliphatic heterocycles. The highest BCUT2D eigenvalue weighted by Gasteiger charge is 2.70. The normalized spacial score (nSPS) is 64.0. The van der Waals surface area contributed by atoms with Crippen molar-refractivity contribution < 1.29 is 24.8 Å². The van der Waals surface area contributed by atoms with Crippen molar-refractivity contribution in [2.45, 2.75) is 109 Å². The van der Waals surface area contributed by atoms with Crippen molar-refractivity contribution in [1.29, 1.82) is 0 Å². The minimum Gasteiger partial charge on any atom is -0.393 e. The summed E-state index contributed by atoms with van der Waals surface area (Å²) in [7, 11) is 0. The molecule has 182 valence electrons. The van der Waals surface area contributed by atoms with Crippen LogP contribution in [0.15, 0.2) is 0 Å². The third-order valence-electron chi connectivity index (χ3n) is 12.0. The number of aliphatic hydroxyl groups is 3. The van der Waals surface area contributed by atoms with Crippen molar-refractivity contribution in [2.75, 3.05) is 6.61 Å². The molecule has 14 atom stereocenters. The minimum atomic E-state index is -0.692. The summed E-state index contributed by atoms with van der Waals surface area (Å²) in [6.45, 7) is 10.3. The van der Waals surface area contributed by atoms with Gasteiger partial charge >= 0.3 is 0 Å². The van der Waals surface area contributed by atoms with Gasteiger partial charge in [-0.2, -0.15) is 0 Å². The molecule has 6 fully saturated rings. The van der Waals surface area contributed by atoms with Crippen LogP contribution in [0.1, 0.15) is 79.1 Å². The lowest BCUT2D eigenvalue weighted by Gasteiger charge is -2.62. The van der Waals surface area contributed by atoms with E-state index < -0.39 is 12.2 Å².